The maximum Gasteiger partial charge on any atom is 0.326 e. The number of rotatable bonds is 11. The number of aromatic hydroxyl groups is 1. The number of benzene rings is 1. The Labute approximate surface area is 172 Å². The summed E-state index contributed by atoms with van der Waals surface area (Å²) in [6.45, 7) is 2.13. The van der Waals surface area contributed by atoms with Crippen LogP contribution in [0.15, 0.2) is 28.8 Å². The molecular weight excluding hydrogens is 394 g/mol. The molecule has 2 unspecified atom stereocenters. The minimum atomic E-state index is -1.31. The number of carboxylic acid groups (broad SMARTS) is 1. The van der Waals surface area contributed by atoms with E-state index in [1.807, 2.05) is 6.92 Å². The van der Waals surface area contributed by atoms with Crippen molar-refractivity contribution in [1.29, 1.82) is 0 Å². The van der Waals surface area contributed by atoms with Crippen molar-refractivity contribution in [3.63, 3.8) is 0 Å². The Morgan fingerprint density at radius 3 is 2.63 bits per heavy atom. The minimum Gasteiger partial charge on any atom is -0.508 e. The fraction of sp³-hybridized carbons (Fsp3) is 0.421. The van der Waals surface area contributed by atoms with Crippen molar-refractivity contribution in [3.05, 3.63) is 41.5 Å². The summed E-state index contributed by atoms with van der Waals surface area (Å²) in [5, 5.41) is 24.6. The van der Waals surface area contributed by atoms with Crippen LogP contribution in [0.25, 0.3) is 0 Å². The Morgan fingerprint density at radius 1 is 1.33 bits per heavy atom. The molecule has 2 rings (SSSR count). The molecule has 2 atom stereocenters. The van der Waals surface area contributed by atoms with Gasteiger partial charge in [0.15, 0.2) is 5.82 Å². The van der Waals surface area contributed by atoms with Crippen LogP contribution >= 0.6 is 0 Å². The largest absolute Gasteiger partial charge is 0.508 e. The lowest BCUT2D eigenvalue weighted by Crippen LogP contribution is -2.48. The van der Waals surface area contributed by atoms with Gasteiger partial charge in [-0.1, -0.05) is 24.2 Å². The SMILES string of the molecule is CCCN(Cc1nc(C(N)Cc2ccc(O)cc2)no1)C(=O)NC(CC=O)C(=O)O. The number of aromatic nitrogens is 2. The van der Waals surface area contributed by atoms with Crippen LogP contribution in [-0.4, -0.2) is 56.1 Å². The van der Waals surface area contributed by atoms with Gasteiger partial charge < -0.3 is 35.5 Å². The lowest BCUT2D eigenvalue weighted by atomic mass is 10.1. The molecule has 11 heteroatoms. The van der Waals surface area contributed by atoms with Crippen LogP contribution in [0.4, 0.5) is 4.79 Å². The average Bonchev–Trinajstić information content (AvgIpc) is 3.17. The Balaban J connectivity index is 2.02. The zero-order chi connectivity index (χ0) is 22.1. The molecule has 1 aromatic heterocycles. The molecule has 162 valence electrons. The van der Waals surface area contributed by atoms with Crippen molar-refractivity contribution in [2.45, 2.75) is 44.8 Å². The van der Waals surface area contributed by atoms with Crippen LogP contribution < -0.4 is 11.1 Å². The van der Waals surface area contributed by atoms with E-state index in [2.05, 4.69) is 15.5 Å². The first-order chi connectivity index (χ1) is 14.3. The van der Waals surface area contributed by atoms with Gasteiger partial charge in [-0.05, 0) is 30.5 Å². The molecule has 0 aliphatic rings. The molecule has 11 nitrogen and oxygen atoms in total. The molecule has 30 heavy (non-hydrogen) atoms. The van der Waals surface area contributed by atoms with Gasteiger partial charge in [0.25, 0.3) is 0 Å². The molecule has 0 bridgehead atoms. The maximum absolute atomic E-state index is 12.4. The van der Waals surface area contributed by atoms with Crippen molar-refractivity contribution in [1.82, 2.24) is 20.4 Å². The second-order valence-corrected chi connectivity index (χ2v) is 6.69. The number of carbonyl (C=O) groups excluding carboxylic acids is 2. The molecule has 0 aliphatic carbocycles. The molecule has 0 saturated heterocycles. The standard InChI is InChI=1S/C19H25N5O6/c1-2-8-24(19(29)21-15(7-9-25)18(27)28)11-16-22-17(23-30-16)14(20)10-12-3-5-13(26)6-4-12/h3-6,9,14-15,26H,2,7-8,10-11,20H2,1H3,(H,21,29)(H,27,28). The van der Waals surface area contributed by atoms with Crippen molar-refractivity contribution in [2.75, 3.05) is 6.54 Å². The van der Waals surface area contributed by atoms with E-state index < -0.39 is 24.1 Å². The number of carboxylic acids is 1. The fourth-order valence-electron chi connectivity index (χ4n) is 2.70. The summed E-state index contributed by atoms with van der Waals surface area (Å²) >= 11 is 0. The van der Waals surface area contributed by atoms with Crippen LogP contribution in [-0.2, 0) is 22.6 Å². The summed E-state index contributed by atoms with van der Waals surface area (Å²) in [5.41, 5.74) is 7.00. The van der Waals surface area contributed by atoms with Crippen molar-refractivity contribution in [2.24, 2.45) is 5.73 Å². The number of phenolic OH excluding ortho intramolecular Hbond substituents is 1. The Kier molecular flexibility index (Phi) is 8.29. The molecule has 2 aromatic rings. The highest BCUT2D eigenvalue weighted by Crippen LogP contribution is 2.17. The van der Waals surface area contributed by atoms with E-state index in [0.717, 1.165) is 5.56 Å². The van der Waals surface area contributed by atoms with Crippen LogP contribution in [0, 0.1) is 0 Å². The number of carbonyl (C=O) groups is 3. The summed E-state index contributed by atoms with van der Waals surface area (Å²) in [6.07, 6.45) is 1.13. The van der Waals surface area contributed by atoms with Gasteiger partial charge >= 0.3 is 12.0 Å². The summed E-state index contributed by atoms with van der Waals surface area (Å²) < 4.78 is 5.19. The van der Waals surface area contributed by atoms with Crippen LogP contribution in [0.3, 0.4) is 0 Å². The molecule has 0 radical (unpaired) electrons. The molecule has 0 aliphatic heterocycles. The van der Waals surface area contributed by atoms with Gasteiger partial charge in [0.1, 0.15) is 24.6 Å². The smallest absolute Gasteiger partial charge is 0.326 e. The Morgan fingerprint density at radius 2 is 2.03 bits per heavy atom. The minimum absolute atomic E-state index is 0.0357. The molecule has 0 spiro atoms. The van der Waals surface area contributed by atoms with Gasteiger partial charge in [-0.2, -0.15) is 4.98 Å². The summed E-state index contributed by atoms with van der Waals surface area (Å²) in [5.74, 6) is -0.731. The van der Waals surface area contributed by atoms with Crippen molar-refractivity contribution >= 4 is 18.3 Å². The molecule has 0 fully saturated rings. The third kappa shape index (κ3) is 6.55. The number of nitrogens with one attached hydrogen (secondary N) is 1. The first kappa shape index (κ1) is 22.8. The second kappa shape index (κ2) is 10.9. The molecule has 2 amide bonds. The number of aliphatic carboxylic acids is 1. The van der Waals surface area contributed by atoms with Gasteiger partial charge in [0, 0.05) is 13.0 Å². The normalized spacial score (nSPS) is 12.7. The van der Waals surface area contributed by atoms with E-state index >= 15 is 0 Å². The number of nitrogens with zero attached hydrogens (tertiary/aromatic N) is 3. The van der Waals surface area contributed by atoms with Gasteiger partial charge in [0.05, 0.1) is 6.04 Å². The highest BCUT2D eigenvalue weighted by molar-refractivity contribution is 5.84. The number of aldehydes is 1. The Hall–Kier alpha value is -3.47. The topological polar surface area (TPSA) is 172 Å². The first-order valence-electron chi connectivity index (χ1n) is 9.41. The number of urea groups is 1. The molecule has 0 saturated carbocycles. The van der Waals surface area contributed by atoms with E-state index in [1.165, 1.54) is 4.90 Å². The third-order valence-electron chi connectivity index (χ3n) is 4.24. The van der Waals surface area contributed by atoms with Crippen LogP contribution in [0.5, 0.6) is 5.75 Å². The van der Waals surface area contributed by atoms with Gasteiger partial charge in [-0.25, -0.2) is 9.59 Å². The van der Waals surface area contributed by atoms with E-state index in [-0.39, 0.29) is 30.4 Å². The quantitative estimate of drug-likeness (QED) is 0.387. The summed E-state index contributed by atoms with van der Waals surface area (Å²) in [7, 11) is 0. The number of nitrogens with two attached hydrogens (primary N) is 1. The number of amides is 2. The zero-order valence-electron chi connectivity index (χ0n) is 16.5. The van der Waals surface area contributed by atoms with Crippen molar-refractivity contribution < 1.29 is 29.1 Å². The number of hydrogen-bond donors (Lipinski definition) is 4. The monoisotopic (exact) mass is 419 g/mol. The maximum atomic E-state index is 12.4. The predicted octanol–water partition coefficient (Wildman–Crippen LogP) is 0.981. The summed E-state index contributed by atoms with van der Waals surface area (Å²) in [4.78, 5) is 39.8. The summed E-state index contributed by atoms with van der Waals surface area (Å²) in [6, 6.07) is 4.07. The first-order valence-corrected chi connectivity index (χ1v) is 9.41. The highest BCUT2D eigenvalue weighted by atomic mass is 16.5. The predicted molar refractivity (Wildman–Crippen MR) is 104 cm³/mol. The van der Waals surface area contributed by atoms with Crippen LogP contribution in [0.2, 0.25) is 0 Å². The van der Waals surface area contributed by atoms with Crippen molar-refractivity contribution in [3.8, 4) is 5.75 Å². The van der Waals surface area contributed by atoms with E-state index in [1.54, 1.807) is 24.3 Å². The number of phenols is 1. The van der Waals surface area contributed by atoms with Gasteiger partial charge in [-0.15, -0.1) is 0 Å². The number of hydrogen-bond acceptors (Lipinski definition) is 8. The lowest BCUT2D eigenvalue weighted by molar-refractivity contribution is -0.140. The molecular formula is C19H25N5O6. The highest BCUT2D eigenvalue weighted by Gasteiger charge is 2.24. The lowest BCUT2D eigenvalue weighted by Gasteiger charge is -2.22. The van der Waals surface area contributed by atoms with Crippen LogP contribution in [0.1, 0.15) is 43.1 Å². The average molecular weight is 419 g/mol. The zero-order valence-corrected chi connectivity index (χ0v) is 16.5. The molecule has 5 N–H and O–H groups in total. The van der Waals surface area contributed by atoms with E-state index in [0.29, 0.717) is 25.7 Å². The third-order valence-corrected chi connectivity index (χ3v) is 4.24. The van der Waals surface area contributed by atoms with Gasteiger partial charge in [-0.3, -0.25) is 0 Å². The van der Waals surface area contributed by atoms with E-state index in [4.69, 9.17) is 15.4 Å². The Bertz CT molecular complexity index is 853. The molecule has 1 aromatic carbocycles. The second-order valence-electron chi connectivity index (χ2n) is 6.69. The molecule has 1 heterocycles. The van der Waals surface area contributed by atoms with E-state index in [9.17, 15) is 19.5 Å². The van der Waals surface area contributed by atoms with Gasteiger partial charge in [0.2, 0.25) is 5.89 Å². The fourth-order valence-corrected chi connectivity index (χ4v) is 2.70.